The lowest BCUT2D eigenvalue weighted by atomic mass is 10.1. The Bertz CT molecular complexity index is 418. The van der Waals surface area contributed by atoms with Gasteiger partial charge in [0.05, 0.1) is 13.3 Å². The molecule has 0 aliphatic rings. The van der Waals surface area contributed by atoms with Crippen LogP contribution >= 0.6 is 0 Å². The third-order valence-electron chi connectivity index (χ3n) is 2.10. The first-order chi connectivity index (χ1) is 7.72. The standard InChI is InChI=1S/C13H14FNO/c1-4-12(13(14)9-15-2)10-5-7-11(16-3)8-6-10/h4-9H,1H2,2-3H3/b13-12-,15-9?. The van der Waals surface area contributed by atoms with E-state index < -0.39 is 5.83 Å². The highest BCUT2D eigenvalue weighted by molar-refractivity contribution is 5.91. The van der Waals surface area contributed by atoms with E-state index in [1.165, 1.54) is 19.3 Å². The van der Waals surface area contributed by atoms with Crippen LogP contribution in [0.4, 0.5) is 4.39 Å². The van der Waals surface area contributed by atoms with Gasteiger partial charge in [-0.05, 0) is 17.7 Å². The summed E-state index contributed by atoms with van der Waals surface area (Å²) in [5.74, 6) is 0.333. The van der Waals surface area contributed by atoms with Gasteiger partial charge >= 0.3 is 0 Å². The van der Waals surface area contributed by atoms with Crippen LogP contribution in [0.1, 0.15) is 5.56 Å². The van der Waals surface area contributed by atoms with Crippen LogP contribution < -0.4 is 4.74 Å². The zero-order chi connectivity index (χ0) is 12.0. The quantitative estimate of drug-likeness (QED) is 0.562. The van der Waals surface area contributed by atoms with Gasteiger partial charge in [0.25, 0.3) is 0 Å². The topological polar surface area (TPSA) is 21.6 Å². The highest BCUT2D eigenvalue weighted by Gasteiger charge is 2.04. The normalized spacial score (nSPS) is 12.4. The molecule has 0 spiro atoms. The first kappa shape index (κ1) is 12.2. The Morgan fingerprint density at radius 3 is 2.44 bits per heavy atom. The molecule has 0 unspecified atom stereocenters. The number of methoxy groups -OCH3 is 1. The smallest absolute Gasteiger partial charge is 0.148 e. The number of nitrogens with zero attached hydrogens (tertiary/aromatic N) is 1. The minimum absolute atomic E-state index is 0.400. The van der Waals surface area contributed by atoms with Crippen molar-refractivity contribution in [1.29, 1.82) is 0 Å². The summed E-state index contributed by atoms with van der Waals surface area (Å²) in [5, 5.41) is 0. The SMILES string of the molecule is C=C/C(=C(/F)C=NC)c1ccc(OC)cc1. The van der Waals surface area contributed by atoms with E-state index in [0.717, 1.165) is 11.3 Å². The molecule has 0 bridgehead atoms. The molecule has 0 amide bonds. The van der Waals surface area contributed by atoms with E-state index >= 15 is 0 Å². The van der Waals surface area contributed by atoms with Crippen LogP contribution in [0, 0.1) is 0 Å². The molecule has 2 nitrogen and oxygen atoms in total. The summed E-state index contributed by atoms with van der Waals surface area (Å²) in [7, 11) is 3.11. The van der Waals surface area contributed by atoms with Gasteiger partial charge in [0, 0.05) is 12.6 Å². The molecule has 1 rings (SSSR count). The Labute approximate surface area is 94.8 Å². The predicted molar refractivity (Wildman–Crippen MR) is 65.6 cm³/mol. The lowest BCUT2D eigenvalue weighted by Crippen LogP contribution is -1.88. The molecule has 3 heteroatoms. The molecule has 16 heavy (non-hydrogen) atoms. The van der Waals surface area contributed by atoms with Crippen LogP contribution in [-0.4, -0.2) is 20.4 Å². The molecule has 0 saturated carbocycles. The number of ether oxygens (including phenoxy) is 1. The van der Waals surface area contributed by atoms with E-state index in [1.807, 2.05) is 0 Å². The maximum atomic E-state index is 13.6. The Morgan fingerprint density at radius 2 is 2.00 bits per heavy atom. The average molecular weight is 219 g/mol. The van der Waals surface area contributed by atoms with Crippen molar-refractivity contribution >= 4 is 11.8 Å². The molecule has 0 aliphatic carbocycles. The fourth-order valence-corrected chi connectivity index (χ4v) is 1.31. The molecule has 0 aromatic heterocycles. The van der Waals surface area contributed by atoms with Gasteiger partial charge in [-0.25, -0.2) is 4.39 Å². The first-order valence-electron chi connectivity index (χ1n) is 4.81. The van der Waals surface area contributed by atoms with E-state index in [4.69, 9.17) is 4.74 Å². The molecule has 0 saturated heterocycles. The van der Waals surface area contributed by atoms with Gasteiger partial charge < -0.3 is 4.74 Å². The van der Waals surface area contributed by atoms with Crippen LogP contribution in [0.5, 0.6) is 5.75 Å². The van der Waals surface area contributed by atoms with Crippen molar-refractivity contribution in [3.05, 3.63) is 48.3 Å². The van der Waals surface area contributed by atoms with Crippen molar-refractivity contribution in [3.63, 3.8) is 0 Å². The van der Waals surface area contributed by atoms with Gasteiger partial charge in [-0.1, -0.05) is 24.8 Å². The van der Waals surface area contributed by atoms with Crippen molar-refractivity contribution in [3.8, 4) is 5.75 Å². The largest absolute Gasteiger partial charge is 0.497 e. The van der Waals surface area contributed by atoms with Crippen LogP contribution in [0.2, 0.25) is 0 Å². The number of halogens is 1. The molecular formula is C13H14FNO. The highest BCUT2D eigenvalue weighted by atomic mass is 19.1. The Hall–Kier alpha value is -1.90. The minimum atomic E-state index is -0.400. The van der Waals surface area contributed by atoms with Gasteiger partial charge in [0.1, 0.15) is 11.6 Å². The van der Waals surface area contributed by atoms with E-state index in [9.17, 15) is 4.39 Å². The molecule has 1 aromatic carbocycles. The van der Waals surface area contributed by atoms with Crippen LogP contribution in [0.15, 0.2) is 47.7 Å². The zero-order valence-electron chi connectivity index (χ0n) is 9.40. The molecular weight excluding hydrogens is 205 g/mol. The number of benzene rings is 1. The lowest BCUT2D eigenvalue weighted by molar-refractivity contribution is 0.415. The Balaban J connectivity index is 3.14. The monoisotopic (exact) mass is 219 g/mol. The van der Waals surface area contributed by atoms with Crippen molar-refractivity contribution in [1.82, 2.24) is 0 Å². The summed E-state index contributed by atoms with van der Waals surface area (Å²) in [6, 6.07) is 7.10. The van der Waals surface area contributed by atoms with Crippen LogP contribution in [0.3, 0.4) is 0 Å². The number of allylic oxidation sites excluding steroid dienone is 3. The number of hydrogen-bond donors (Lipinski definition) is 0. The zero-order valence-corrected chi connectivity index (χ0v) is 9.40. The lowest BCUT2D eigenvalue weighted by Gasteiger charge is -2.04. The summed E-state index contributed by atoms with van der Waals surface area (Å²) in [6.45, 7) is 3.59. The van der Waals surface area contributed by atoms with Gasteiger partial charge in [-0.15, -0.1) is 0 Å². The van der Waals surface area contributed by atoms with E-state index in [0.29, 0.717) is 5.57 Å². The second-order valence-corrected chi connectivity index (χ2v) is 3.08. The third-order valence-corrected chi connectivity index (χ3v) is 2.10. The Morgan fingerprint density at radius 1 is 1.38 bits per heavy atom. The summed E-state index contributed by atoms with van der Waals surface area (Å²) in [5.41, 5.74) is 1.17. The van der Waals surface area contributed by atoms with Crippen molar-refractivity contribution < 1.29 is 9.13 Å². The van der Waals surface area contributed by atoms with Gasteiger partial charge in [-0.2, -0.15) is 0 Å². The van der Waals surface area contributed by atoms with Gasteiger partial charge in [0.2, 0.25) is 0 Å². The van der Waals surface area contributed by atoms with Crippen LogP contribution in [-0.2, 0) is 0 Å². The molecule has 0 heterocycles. The fraction of sp³-hybridized carbons (Fsp3) is 0.154. The number of hydrogen-bond acceptors (Lipinski definition) is 2. The Kier molecular flexibility index (Phi) is 4.45. The molecule has 0 atom stereocenters. The van der Waals surface area contributed by atoms with Crippen molar-refractivity contribution in [2.75, 3.05) is 14.2 Å². The summed E-state index contributed by atoms with van der Waals surface area (Å²) < 4.78 is 18.6. The molecule has 84 valence electrons. The maximum Gasteiger partial charge on any atom is 0.148 e. The molecule has 0 aliphatic heterocycles. The van der Waals surface area contributed by atoms with Crippen molar-refractivity contribution in [2.24, 2.45) is 4.99 Å². The molecule has 0 radical (unpaired) electrons. The minimum Gasteiger partial charge on any atom is -0.497 e. The maximum absolute atomic E-state index is 13.6. The van der Waals surface area contributed by atoms with E-state index in [1.54, 1.807) is 31.4 Å². The van der Waals surface area contributed by atoms with Crippen molar-refractivity contribution in [2.45, 2.75) is 0 Å². The highest BCUT2D eigenvalue weighted by Crippen LogP contribution is 2.22. The predicted octanol–water partition coefficient (Wildman–Crippen LogP) is 3.26. The number of rotatable bonds is 4. The number of aliphatic imine (C=N–C) groups is 1. The van der Waals surface area contributed by atoms with E-state index in [-0.39, 0.29) is 0 Å². The summed E-state index contributed by atoms with van der Waals surface area (Å²) in [6.07, 6.45) is 2.64. The van der Waals surface area contributed by atoms with Gasteiger partial charge in [0.15, 0.2) is 0 Å². The molecule has 0 N–H and O–H groups in total. The second kappa shape index (κ2) is 5.85. The summed E-state index contributed by atoms with van der Waals surface area (Å²) >= 11 is 0. The second-order valence-electron chi connectivity index (χ2n) is 3.08. The molecule has 1 aromatic rings. The molecule has 0 fully saturated rings. The fourth-order valence-electron chi connectivity index (χ4n) is 1.31. The van der Waals surface area contributed by atoms with Crippen LogP contribution in [0.25, 0.3) is 5.57 Å². The van der Waals surface area contributed by atoms with E-state index in [2.05, 4.69) is 11.6 Å². The average Bonchev–Trinajstić information content (AvgIpc) is 2.31. The first-order valence-corrected chi connectivity index (χ1v) is 4.81. The third kappa shape index (κ3) is 2.79. The summed E-state index contributed by atoms with van der Waals surface area (Å²) in [4.78, 5) is 3.63. The van der Waals surface area contributed by atoms with Gasteiger partial charge in [-0.3, -0.25) is 4.99 Å².